The molecule has 2 aliphatic rings. The van der Waals surface area contributed by atoms with Crippen molar-refractivity contribution in [1.29, 1.82) is 0 Å². The SMILES string of the molecule is c1ccc(-c2ncc3c(n2)CN(Cc2ccc4c(c2)OCCO4)CC3)cc1. The van der Waals surface area contributed by atoms with Crippen LogP contribution in [0, 0.1) is 0 Å². The van der Waals surface area contributed by atoms with E-state index in [1.54, 1.807) is 0 Å². The van der Waals surface area contributed by atoms with Gasteiger partial charge in [-0.15, -0.1) is 0 Å². The van der Waals surface area contributed by atoms with E-state index in [1.165, 1.54) is 11.1 Å². The first-order valence-electron chi connectivity index (χ1n) is 9.36. The first kappa shape index (κ1) is 16.3. The van der Waals surface area contributed by atoms with Crippen molar-refractivity contribution < 1.29 is 9.47 Å². The van der Waals surface area contributed by atoms with Crippen LogP contribution in [-0.2, 0) is 19.5 Å². The van der Waals surface area contributed by atoms with E-state index in [9.17, 15) is 0 Å². The predicted molar refractivity (Wildman–Crippen MR) is 103 cm³/mol. The molecule has 0 radical (unpaired) electrons. The summed E-state index contributed by atoms with van der Waals surface area (Å²) in [4.78, 5) is 11.8. The second kappa shape index (κ2) is 7.00. The average Bonchev–Trinajstić information content (AvgIpc) is 2.74. The van der Waals surface area contributed by atoms with Crippen molar-refractivity contribution in [2.75, 3.05) is 19.8 Å². The largest absolute Gasteiger partial charge is 0.486 e. The number of ether oxygens (including phenoxy) is 2. The molecule has 5 rings (SSSR count). The Morgan fingerprint density at radius 1 is 0.963 bits per heavy atom. The molecule has 0 saturated heterocycles. The Morgan fingerprint density at radius 2 is 1.81 bits per heavy atom. The zero-order valence-corrected chi connectivity index (χ0v) is 15.1. The van der Waals surface area contributed by atoms with Crippen molar-refractivity contribution >= 4 is 0 Å². The van der Waals surface area contributed by atoms with Crippen LogP contribution < -0.4 is 9.47 Å². The van der Waals surface area contributed by atoms with Crippen LogP contribution in [-0.4, -0.2) is 34.6 Å². The molecule has 0 amide bonds. The molecule has 0 fully saturated rings. The molecule has 0 saturated carbocycles. The molecule has 5 nitrogen and oxygen atoms in total. The normalized spacial score (nSPS) is 16.0. The fourth-order valence-corrected chi connectivity index (χ4v) is 3.66. The first-order valence-corrected chi connectivity index (χ1v) is 9.36. The van der Waals surface area contributed by atoms with Crippen molar-refractivity contribution in [2.45, 2.75) is 19.5 Å². The summed E-state index contributed by atoms with van der Waals surface area (Å²) in [5.41, 5.74) is 4.69. The molecule has 2 aromatic carbocycles. The Balaban J connectivity index is 1.34. The zero-order chi connectivity index (χ0) is 18.1. The summed E-state index contributed by atoms with van der Waals surface area (Å²) in [5, 5.41) is 0. The van der Waals surface area contributed by atoms with Gasteiger partial charge in [-0.05, 0) is 29.7 Å². The summed E-state index contributed by atoms with van der Waals surface area (Å²) in [6, 6.07) is 16.4. The van der Waals surface area contributed by atoms with E-state index in [0.717, 1.165) is 54.6 Å². The number of nitrogens with zero attached hydrogens (tertiary/aromatic N) is 3. The van der Waals surface area contributed by atoms with Crippen molar-refractivity contribution in [2.24, 2.45) is 0 Å². The fraction of sp³-hybridized carbons (Fsp3) is 0.273. The van der Waals surface area contributed by atoms with Crippen LogP contribution in [0.5, 0.6) is 11.5 Å². The van der Waals surface area contributed by atoms with Crippen LogP contribution >= 0.6 is 0 Å². The number of hydrogen-bond acceptors (Lipinski definition) is 5. The van der Waals surface area contributed by atoms with E-state index in [0.29, 0.717) is 13.2 Å². The van der Waals surface area contributed by atoms with Crippen LogP contribution in [0.25, 0.3) is 11.4 Å². The third-order valence-corrected chi connectivity index (χ3v) is 5.07. The molecule has 0 N–H and O–H groups in total. The van der Waals surface area contributed by atoms with Gasteiger partial charge >= 0.3 is 0 Å². The van der Waals surface area contributed by atoms with Crippen molar-refractivity contribution in [1.82, 2.24) is 14.9 Å². The minimum atomic E-state index is 0.618. The van der Waals surface area contributed by atoms with Crippen LogP contribution in [0.3, 0.4) is 0 Å². The van der Waals surface area contributed by atoms with Crippen LogP contribution in [0.1, 0.15) is 16.8 Å². The average molecular weight is 359 g/mol. The van der Waals surface area contributed by atoms with Crippen LogP contribution in [0.15, 0.2) is 54.7 Å². The molecule has 3 heterocycles. The standard InChI is InChI=1S/C22H21N3O2/c1-2-4-17(5-3-1)22-23-13-18-8-9-25(15-19(18)24-22)14-16-6-7-20-21(12-16)27-11-10-26-20/h1-7,12-13H,8-11,14-15H2. The molecule has 2 aliphatic heterocycles. The van der Waals surface area contributed by atoms with E-state index in [-0.39, 0.29) is 0 Å². The number of benzene rings is 2. The summed E-state index contributed by atoms with van der Waals surface area (Å²) >= 11 is 0. The van der Waals surface area contributed by atoms with E-state index in [1.807, 2.05) is 30.5 Å². The molecule has 5 heteroatoms. The maximum atomic E-state index is 5.71. The lowest BCUT2D eigenvalue weighted by atomic mass is 10.1. The van der Waals surface area contributed by atoms with Gasteiger partial charge in [0.1, 0.15) is 13.2 Å². The van der Waals surface area contributed by atoms with Gasteiger partial charge in [0.2, 0.25) is 0 Å². The van der Waals surface area contributed by atoms with Gasteiger partial charge in [0, 0.05) is 31.4 Å². The number of rotatable bonds is 3. The highest BCUT2D eigenvalue weighted by Crippen LogP contribution is 2.31. The molecular weight excluding hydrogens is 338 g/mol. The third-order valence-electron chi connectivity index (χ3n) is 5.07. The van der Waals surface area contributed by atoms with Crippen LogP contribution in [0.4, 0.5) is 0 Å². The Kier molecular flexibility index (Phi) is 4.22. The topological polar surface area (TPSA) is 47.5 Å². The molecule has 27 heavy (non-hydrogen) atoms. The Bertz CT molecular complexity index is 959. The van der Waals surface area contributed by atoms with Gasteiger partial charge in [-0.25, -0.2) is 9.97 Å². The Labute approximate surface area is 158 Å². The smallest absolute Gasteiger partial charge is 0.161 e. The summed E-state index contributed by atoms with van der Waals surface area (Å²) in [7, 11) is 0. The lowest BCUT2D eigenvalue weighted by Crippen LogP contribution is -2.31. The monoisotopic (exact) mass is 359 g/mol. The first-order chi connectivity index (χ1) is 13.3. The minimum Gasteiger partial charge on any atom is -0.486 e. The highest BCUT2D eigenvalue weighted by molar-refractivity contribution is 5.54. The molecular formula is C22H21N3O2. The summed E-state index contributed by atoms with van der Waals surface area (Å²) < 4.78 is 11.3. The summed E-state index contributed by atoms with van der Waals surface area (Å²) in [6.07, 6.45) is 2.97. The molecule has 136 valence electrons. The molecule has 1 aromatic heterocycles. The molecule has 0 spiro atoms. The maximum absolute atomic E-state index is 5.71. The fourth-order valence-electron chi connectivity index (χ4n) is 3.66. The molecule has 0 atom stereocenters. The van der Waals surface area contributed by atoms with E-state index < -0.39 is 0 Å². The number of aromatic nitrogens is 2. The molecule has 0 bridgehead atoms. The van der Waals surface area contributed by atoms with Gasteiger partial charge in [0.15, 0.2) is 17.3 Å². The lowest BCUT2D eigenvalue weighted by molar-refractivity contribution is 0.171. The molecule has 3 aromatic rings. The van der Waals surface area contributed by atoms with Gasteiger partial charge < -0.3 is 9.47 Å². The molecule has 0 unspecified atom stereocenters. The lowest BCUT2D eigenvalue weighted by Gasteiger charge is -2.28. The number of hydrogen-bond donors (Lipinski definition) is 0. The quantitative estimate of drug-likeness (QED) is 0.717. The van der Waals surface area contributed by atoms with E-state index >= 15 is 0 Å². The second-order valence-corrected chi connectivity index (χ2v) is 6.97. The predicted octanol–water partition coefficient (Wildman–Crippen LogP) is 3.47. The van der Waals surface area contributed by atoms with Gasteiger partial charge in [-0.1, -0.05) is 36.4 Å². The Hall–Kier alpha value is -2.92. The highest BCUT2D eigenvalue weighted by Gasteiger charge is 2.20. The van der Waals surface area contributed by atoms with Crippen molar-refractivity contribution in [3.05, 3.63) is 71.5 Å². The van der Waals surface area contributed by atoms with Crippen molar-refractivity contribution in [3.8, 4) is 22.9 Å². The summed E-state index contributed by atoms with van der Waals surface area (Å²) in [5.74, 6) is 2.50. The third kappa shape index (κ3) is 3.38. The van der Waals surface area contributed by atoms with Gasteiger partial charge in [0.25, 0.3) is 0 Å². The minimum absolute atomic E-state index is 0.618. The van der Waals surface area contributed by atoms with E-state index in [4.69, 9.17) is 14.5 Å². The van der Waals surface area contributed by atoms with Crippen molar-refractivity contribution in [3.63, 3.8) is 0 Å². The second-order valence-electron chi connectivity index (χ2n) is 6.97. The number of fused-ring (bicyclic) bond motifs is 2. The maximum Gasteiger partial charge on any atom is 0.161 e. The van der Waals surface area contributed by atoms with E-state index in [2.05, 4.69) is 34.1 Å². The molecule has 0 aliphatic carbocycles. The van der Waals surface area contributed by atoms with Gasteiger partial charge in [-0.2, -0.15) is 0 Å². The van der Waals surface area contributed by atoms with Gasteiger partial charge in [0.05, 0.1) is 5.69 Å². The van der Waals surface area contributed by atoms with Crippen LogP contribution in [0.2, 0.25) is 0 Å². The van der Waals surface area contributed by atoms with Gasteiger partial charge in [-0.3, -0.25) is 4.90 Å². The summed E-state index contributed by atoms with van der Waals surface area (Å²) in [6.45, 7) is 3.97. The zero-order valence-electron chi connectivity index (χ0n) is 15.1. The highest BCUT2D eigenvalue weighted by atomic mass is 16.6. The Morgan fingerprint density at radius 3 is 2.70 bits per heavy atom.